The van der Waals surface area contributed by atoms with Crippen LogP contribution in [0.4, 0.5) is 0 Å². The maximum atomic E-state index is 12.8. The van der Waals surface area contributed by atoms with Crippen LogP contribution in [0.1, 0.15) is 20.8 Å². The minimum Gasteiger partial charge on any atom is -0.394 e. The molecule has 0 aromatic heterocycles. The summed E-state index contributed by atoms with van der Waals surface area (Å²) in [7, 11) is 0. The Morgan fingerprint density at radius 1 is 0.400 bits per heavy atom. The fourth-order valence-corrected chi connectivity index (χ4v) is 8.94. The van der Waals surface area contributed by atoms with Gasteiger partial charge < -0.3 is 144 Å². The number of aliphatic hydroxyl groups is 16. The molecule has 6 rings (SSSR count). The zero-order valence-corrected chi connectivity index (χ0v) is 37.7. The Labute approximate surface area is 397 Å². The first-order valence-electron chi connectivity index (χ1n) is 22.4. The van der Waals surface area contributed by atoms with Crippen molar-refractivity contribution in [2.24, 2.45) is 0 Å². The van der Waals surface area contributed by atoms with Crippen molar-refractivity contribution in [2.75, 3.05) is 33.0 Å². The number of rotatable bonds is 17. The second-order valence-electron chi connectivity index (χ2n) is 17.8. The molecule has 0 unspecified atom stereocenters. The highest BCUT2D eigenvalue weighted by Crippen LogP contribution is 2.37. The second-order valence-corrected chi connectivity index (χ2v) is 17.8. The summed E-state index contributed by atoms with van der Waals surface area (Å²) < 4.78 is 63.6. The van der Waals surface area contributed by atoms with Crippen molar-refractivity contribution in [3.8, 4) is 0 Å². The highest BCUT2D eigenvalue weighted by molar-refractivity contribution is 5.73. The fourth-order valence-electron chi connectivity index (χ4n) is 8.94. The molecule has 29 atom stereocenters. The topological polar surface area (TPSA) is 483 Å². The van der Waals surface area contributed by atoms with E-state index >= 15 is 0 Å². The quantitative estimate of drug-likeness (QED) is 0.0643. The van der Waals surface area contributed by atoms with Crippen LogP contribution in [0.5, 0.6) is 0 Å². The van der Waals surface area contributed by atoms with Gasteiger partial charge in [0.15, 0.2) is 37.7 Å². The first-order valence-corrected chi connectivity index (χ1v) is 22.4. The van der Waals surface area contributed by atoms with Gasteiger partial charge in [0.25, 0.3) is 0 Å². The number of carbonyl (C=O) groups is 2. The summed E-state index contributed by atoms with van der Waals surface area (Å²) in [5.41, 5.74) is 0. The van der Waals surface area contributed by atoms with Crippen LogP contribution in [0.2, 0.25) is 0 Å². The Hall–Kier alpha value is -2.14. The van der Waals surface area contributed by atoms with Crippen molar-refractivity contribution in [3.63, 3.8) is 0 Å². The van der Waals surface area contributed by atoms with Crippen LogP contribution in [0, 0.1) is 0 Å². The molecular formula is C39H66N2O29. The predicted molar refractivity (Wildman–Crippen MR) is 215 cm³/mol. The molecule has 0 aromatic carbocycles. The molecule has 0 spiro atoms. The van der Waals surface area contributed by atoms with Gasteiger partial charge >= 0.3 is 0 Å². The van der Waals surface area contributed by atoms with Crippen LogP contribution >= 0.6 is 0 Å². The lowest BCUT2D eigenvalue weighted by molar-refractivity contribution is -0.383. The van der Waals surface area contributed by atoms with E-state index in [0.717, 1.165) is 13.8 Å². The third-order valence-corrected chi connectivity index (χ3v) is 12.8. The van der Waals surface area contributed by atoms with E-state index in [4.69, 9.17) is 52.1 Å². The van der Waals surface area contributed by atoms with E-state index in [1.54, 1.807) is 0 Å². The lowest BCUT2D eigenvalue weighted by atomic mass is 9.93. The van der Waals surface area contributed by atoms with Crippen molar-refractivity contribution in [3.05, 3.63) is 0 Å². The smallest absolute Gasteiger partial charge is 0.217 e. The number of nitrogens with one attached hydrogen (secondary N) is 2. The summed E-state index contributed by atoms with van der Waals surface area (Å²) in [6, 6.07) is -3.40. The van der Waals surface area contributed by atoms with Crippen LogP contribution in [0.3, 0.4) is 0 Å². The van der Waals surface area contributed by atoms with Gasteiger partial charge in [-0.15, -0.1) is 0 Å². The molecular weight excluding hydrogens is 960 g/mol. The molecule has 6 fully saturated rings. The van der Waals surface area contributed by atoms with E-state index in [0.29, 0.717) is 0 Å². The van der Waals surface area contributed by atoms with Gasteiger partial charge in [-0.3, -0.25) is 9.59 Å². The molecule has 406 valence electrons. The number of aliphatic hydroxyl groups excluding tert-OH is 16. The van der Waals surface area contributed by atoms with Crippen LogP contribution < -0.4 is 10.6 Å². The summed E-state index contributed by atoms with van der Waals surface area (Å²) in [5, 5.41) is 175. The molecule has 6 aliphatic heterocycles. The first kappa shape index (κ1) is 57.1. The molecule has 6 saturated heterocycles. The molecule has 0 bridgehead atoms. The largest absolute Gasteiger partial charge is 0.394 e. The molecule has 0 radical (unpaired) electrons. The van der Waals surface area contributed by atoms with E-state index in [9.17, 15) is 91.3 Å². The zero-order chi connectivity index (χ0) is 51.6. The van der Waals surface area contributed by atoms with Gasteiger partial charge in [-0.2, -0.15) is 0 Å². The Kier molecular flexibility index (Phi) is 20.0. The van der Waals surface area contributed by atoms with Crippen molar-refractivity contribution < 1.29 is 143 Å². The van der Waals surface area contributed by atoms with Gasteiger partial charge in [-0.25, -0.2) is 0 Å². The summed E-state index contributed by atoms with van der Waals surface area (Å²) in [6.45, 7) is -1.07. The summed E-state index contributed by atoms with van der Waals surface area (Å²) in [5.74, 6) is -1.60. The lowest BCUT2D eigenvalue weighted by Crippen LogP contribution is -2.71. The van der Waals surface area contributed by atoms with Gasteiger partial charge in [0.05, 0.1) is 39.1 Å². The van der Waals surface area contributed by atoms with Gasteiger partial charge in [-0.1, -0.05) is 0 Å². The Morgan fingerprint density at radius 3 is 1.43 bits per heavy atom. The Morgan fingerprint density at radius 2 is 0.829 bits per heavy atom. The fraction of sp³-hybridized carbons (Fsp3) is 0.949. The summed E-state index contributed by atoms with van der Waals surface area (Å²) in [4.78, 5) is 25.2. The van der Waals surface area contributed by atoms with Crippen LogP contribution in [0.15, 0.2) is 0 Å². The van der Waals surface area contributed by atoms with Crippen molar-refractivity contribution in [1.29, 1.82) is 0 Å². The average molecular weight is 1030 g/mol. The van der Waals surface area contributed by atoms with Crippen molar-refractivity contribution in [1.82, 2.24) is 10.6 Å². The third-order valence-electron chi connectivity index (χ3n) is 12.8. The normalized spacial score (nSPS) is 50.1. The molecule has 6 aliphatic rings. The average Bonchev–Trinajstić information content (AvgIpc) is 3.60. The van der Waals surface area contributed by atoms with E-state index in [1.165, 1.54) is 6.92 Å². The van der Waals surface area contributed by atoms with Crippen molar-refractivity contribution in [2.45, 2.75) is 199 Å². The summed E-state index contributed by atoms with van der Waals surface area (Å²) >= 11 is 0. The number of hydrogen-bond donors (Lipinski definition) is 18. The van der Waals surface area contributed by atoms with Gasteiger partial charge in [0.2, 0.25) is 11.8 Å². The van der Waals surface area contributed by atoms with E-state index in [-0.39, 0.29) is 0 Å². The maximum absolute atomic E-state index is 12.8. The SMILES string of the molecule is CC(=O)N[C@@H]1[C@@H](O[C@@H]2O[C@@H](C)[C@@H](O)[C@@H](O)[C@@H]2O)[C@H](O[C@@H]2O[C@H](CO)[C@@H](O[C@@H]3O[C@H](CO[C@H]4O[C@H](CO)[C@@H](O)[C@H](O)[C@@H]4O)[C@@H](O)[C@H](O)[C@@H]3O[C@H]3O[C@H](CO)[C@@H](O)[C@@H]3O)[C@H](O)[C@H]2NC(C)=O)[C@@H](CO)O[C@H]1O. The lowest BCUT2D eigenvalue weighted by Gasteiger charge is -2.51. The molecule has 31 nitrogen and oxygen atoms in total. The van der Waals surface area contributed by atoms with E-state index in [1.807, 2.05) is 0 Å². The third kappa shape index (κ3) is 12.2. The van der Waals surface area contributed by atoms with Crippen LogP contribution in [-0.2, 0) is 61.7 Å². The molecule has 31 heteroatoms. The summed E-state index contributed by atoms with van der Waals surface area (Å²) in [6.07, 6.45) is -48.6. The van der Waals surface area contributed by atoms with Gasteiger partial charge in [0.1, 0.15) is 134 Å². The number of carbonyl (C=O) groups excluding carboxylic acids is 2. The second kappa shape index (κ2) is 24.5. The van der Waals surface area contributed by atoms with Crippen LogP contribution in [-0.4, -0.2) is 305 Å². The predicted octanol–water partition coefficient (Wildman–Crippen LogP) is -12.1. The molecule has 2 amide bonds. The Bertz CT molecular complexity index is 1680. The standard InChI is InChI=1S/C39H66N2O29/c1-9-19(48)24(53)29(58)37(61-9)69-32-18(41-11(3)47)34(59)62-15(7-45)31(32)68-35-17(40-10(2)46)23(52)30(14(6-44)65-35)67-39-33(70-38-27(56)21(50)13(5-43)64-38)26(55)22(51)16(66-39)8-60-36-28(57)25(54)20(49)12(4-42)63-36/h9,12-39,42-45,48-59H,4-8H2,1-3H3,(H,40,46)(H,41,47)/t9-,12+,13+,14+,15+,16+,17+,18+,19+,20+,21+,22+,23+,24+,25-,26-,27-,28-,29-,30+,31+,32+,33-,34+,35-,36-,37-,38+,39-/m0/s1. The molecule has 0 aromatic rings. The van der Waals surface area contributed by atoms with E-state index < -0.39 is 223 Å². The number of ether oxygens (including phenoxy) is 11. The maximum Gasteiger partial charge on any atom is 0.217 e. The van der Waals surface area contributed by atoms with Gasteiger partial charge in [0, 0.05) is 13.8 Å². The van der Waals surface area contributed by atoms with E-state index in [2.05, 4.69) is 10.6 Å². The molecule has 70 heavy (non-hydrogen) atoms. The van der Waals surface area contributed by atoms with Crippen molar-refractivity contribution >= 4 is 11.8 Å². The number of hydrogen-bond acceptors (Lipinski definition) is 29. The molecule has 0 saturated carbocycles. The first-order chi connectivity index (χ1) is 33.1. The molecule has 6 heterocycles. The van der Waals surface area contributed by atoms with Crippen LogP contribution in [0.25, 0.3) is 0 Å². The minimum absolute atomic E-state index is 0.761. The highest BCUT2D eigenvalue weighted by atomic mass is 16.8. The molecule has 0 aliphatic carbocycles. The minimum atomic E-state index is -2.13. The highest BCUT2D eigenvalue weighted by Gasteiger charge is 2.58. The molecule has 18 N–H and O–H groups in total. The number of amides is 2. The van der Waals surface area contributed by atoms with Gasteiger partial charge in [-0.05, 0) is 6.92 Å². The Balaban J connectivity index is 1.29. The monoisotopic (exact) mass is 1030 g/mol. The zero-order valence-electron chi connectivity index (χ0n) is 37.7.